The molecule has 0 radical (unpaired) electrons. The summed E-state index contributed by atoms with van der Waals surface area (Å²) in [6, 6.07) is 4.59. The molecule has 1 N–H and O–H groups in total. The predicted molar refractivity (Wildman–Crippen MR) is 85.0 cm³/mol. The van der Waals surface area contributed by atoms with Gasteiger partial charge in [-0.2, -0.15) is 0 Å². The highest BCUT2D eigenvalue weighted by Gasteiger charge is 2.16. The Kier molecular flexibility index (Phi) is 4.72. The van der Waals surface area contributed by atoms with Crippen molar-refractivity contribution in [2.24, 2.45) is 0 Å². The molecule has 2 aromatic heterocycles. The van der Waals surface area contributed by atoms with Gasteiger partial charge in [0, 0.05) is 23.6 Å². The Bertz CT molecular complexity index is 875. The third-order valence-electron chi connectivity index (χ3n) is 3.09. The van der Waals surface area contributed by atoms with Gasteiger partial charge in [0.05, 0.1) is 16.1 Å². The van der Waals surface area contributed by atoms with Crippen molar-refractivity contribution < 1.29 is 13.9 Å². The number of aromatic nitrogens is 3. The maximum atomic E-state index is 13.6. The highest BCUT2D eigenvalue weighted by Crippen LogP contribution is 2.28. The van der Waals surface area contributed by atoms with Crippen molar-refractivity contribution in [1.29, 1.82) is 0 Å². The summed E-state index contributed by atoms with van der Waals surface area (Å²) in [5.41, 5.74) is 0.449. The average molecular weight is 376 g/mol. The molecule has 3 rings (SSSR count). The number of rotatable bonds is 4. The molecule has 1 aromatic carbocycles. The SMILES string of the molecule is OC(CSc1nnc2c(Cl)cc(Cl)cn12)c1ccc(F)cc1F. The molecule has 0 saturated carbocycles. The molecule has 4 nitrogen and oxygen atoms in total. The average Bonchev–Trinajstić information content (AvgIpc) is 2.88. The summed E-state index contributed by atoms with van der Waals surface area (Å²) in [4.78, 5) is 0. The van der Waals surface area contributed by atoms with Gasteiger partial charge in [-0.25, -0.2) is 8.78 Å². The molecular formula is C14H9Cl2F2N3OS. The van der Waals surface area contributed by atoms with Crippen molar-refractivity contribution in [3.63, 3.8) is 0 Å². The molecule has 0 aliphatic heterocycles. The van der Waals surface area contributed by atoms with Gasteiger partial charge in [-0.1, -0.05) is 41.0 Å². The first-order valence-electron chi connectivity index (χ1n) is 6.41. The molecular weight excluding hydrogens is 367 g/mol. The maximum absolute atomic E-state index is 13.6. The first kappa shape index (κ1) is 16.4. The summed E-state index contributed by atoms with van der Waals surface area (Å²) in [6.45, 7) is 0. The van der Waals surface area contributed by atoms with Crippen LogP contribution in [0, 0.1) is 11.6 Å². The van der Waals surface area contributed by atoms with E-state index in [0.29, 0.717) is 20.8 Å². The molecule has 3 aromatic rings. The Morgan fingerprint density at radius 2 is 2.00 bits per heavy atom. The first-order chi connectivity index (χ1) is 11.0. The van der Waals surface area contributed by atoms with E-state index in [1.54, 1.807) is 16.7 Å². The van der Waals surface area contributed by atoms with E-state index < -0.39 is 17.7 Å². The zero-order valence-corrected chi connectivity index (χ0v) is 13.7. The molecule has 0 amide bonds. The second kappa shape index (κ2) is 6.60. The van der Waals surface area contributed by atoms with Crippen LogP contribution in [0.3, 0.4) is 0 Å². The van der Waals surface area contributed by atoms with E-state index in [1.165, 1.54) is 6.07 Å². The number of aliphatic hydroxyl groups excluding tert-OH is 1. The van der Waals surface area contributed by atoms with Gasteiger partial charge in [0.2, 0.25) is 0 Å². The summed E-state index contributed by atoms with van der Waals surface area (Å²) in [5, 5.41) is 19.2. The summed E-state index contributed by atoms with van der Waals surface area (Å²) in [5.74, 6) is -1.39. The number of pyridine rings is 1. The van der Waals surface area contributed by atoms with Crippen LogP contribution in [0.25, 0.3) is 5.65 Å². The third kappa shape index (κ3) is 3.42. The molecule has 9 heteroatoms. The Morgan fingerprint density at radius 3 is 2.74 bits per heavy atom. The van der Waals surface area contributed by atoms with Gasteiger partial charge >= 0.3 is 0 Å². The topological polar surface area (TPSA) is 50.4 Å². The number of nitrogens with zero attached hydrogens (tertiary/aromatic N) is 3. The molecule has 0 saturated heterocycles. The van der Waals surface area contributed by atoms with Gasteiger partial charge in [-0.15, -0.1) is 10.2 Å². The molecule has 0 aliphatic rings. The smallest absolute Gasteiger partial charge is 0.195 e. The summed E-state index contributed by atoms with van der Waals surface area (Å²) >= 11 is 13.1. The number of aliphatic hydroxyl groups is 1. The van der Waals surface area contributed by atoms with E-state index in [1.807, 2.05) is 0 Å². The minimum atomic E-state index is -1.12. The van der Waals surface area contributed by atoms with Crippen molar-refractivity contribution in [2.45, 2.75) is 11.3 Å². The molecule has 23 heavy (non-hydrogen) atoms. The number of benzene rings is 1. The van der Waals surface area contributed by atoms with Crippen LogP contribution >= 0.6 is 35.0 Å². The fourth-order valence-corrected chi connectivity index (χ4v) is 3.39. The lowest BCUT2D eigenvalue weighted by Gasteiger charge is -2.11. The lowest BCUT2D eigenvalue weighted by molar-refractivity contribution is 0.198. The van der Waals surface area contributed by atoms with E-state index in [2.05, 4.69) is 10.2 Å². The lowest BCUT2D eigenvalue weighted by Crippen LogP contribution is -2.04. The van der Waals surface area contributed by atoms with Crippen molar-refractivity contribution in [1.82, 2.24) is 14.6 Å². The van der Waals surface area contributed by atoms with Crippen molar-refractivity contribution in [2.75, 3.05) is 5.75 Å². The Balaban J connectivity index is 1.80. The maximum Gasteiger partial charge on any atom is 0.195 e. The number of halogens is 4. The van der Waals surface area contributed by atoms with E-state index in [9.17, 15) is 13.9 Å². The van der Waals surface area contributed by atoms with Gasteiger partial charge in [0.25, 0.3) is 0 Å². The third-order valence-corrected chi connectivity index (χ3v) is 4.59. The number of thioether (sulfide) groups is 1. The molecule has 0 aliphatic carbocycles. The van der Waals surface area contributed by atoms with Gasteiger partial charge in [0.1, 0.15) is 11.6 Å². The van der Waals surface area contributed by atoms with E-state index in [0.717, 1.165) is 23.9 Å². The molecule has 1 atom stereocenters. The van der Waals surface area contributed by atoms with Crippen molar-refractivity contribution in [3.8, 4) is 0 Å². The Morgan fingerprint density at radius 1 is 1.22 bits per heavy atom. The first-order valence-corrected chi connectivity index (χ1v) is 8.15. The van der Waals surface area contributed by atoms with E-state index in [4.69, 9.17) is 23.2 Å². The number of hydrogen-bond acceptors (Lipinski definition) is 4. The summed E-state index contributed by atoms with van der Waals surface area (Å²) in [7, 11) is 0. The predicted octanol–water partition coefficient (Wildman–Crippen LogP) is 4.14. The molecule has 0 fully saturated rings. The minimum Gasteiger partial charge on any atom is -0.387 e. The minimum absolute atomic E-state index is 0.0174. The molecule has 120 valence electrons. The normalized spacial score (nSPS) is 12.7. The van der Waals surface area contributed by atoms with Crippen molar-refractivity contribution in [3.05, 3.63) is 57.7 Å². The fourth-order valence-electron chi connectivity index (χ4n) is 2.02. The Labute approximate surface area is 144 Å². The van der Waals surface area contributed by atoms with Crippen LogP contribution in [0.5, 0.6) is 0 Å². The lowest BCUT2D eigenvalue weighted by atomic mass is 10.1. The van der Waals surface area contributed by atoms with Gasteiger partial charge in [-0.3, -0.25) is 4.40 Å². The second-order valence-electron chi connectivity index (χ2n) is 4.68. The second-order valence-corrected chi connectivity index (χ2v) is 6.51. The van der Waals surface area contributed by atoms with E-state index >= 15 is 0 Å². The largest absolute Gasteiger partial charge is 0.387 e. The van der Waals surface area contributed by atoms with Crippen LogP contribution in [0.15, 0.2) is 35.6 Å². The van der Waals surface area contributed by atoms with Crippen LogP contribution in [0.1, 0.15) is 11.7 Å². The van der Waals surface area contributed by atoms with Crippen LogP contribution in [0.4, 0.5) is 8.78 Å². The van der Waals surface area contributed by atoms with Crippen LogP contribution in [0.2, 0.25) is 10.0 Å². The quantitative estimate of drug-likeness (QED) is 0.696. The molecule has 0 bridgehead atoms. The van der Waals surface area contributed by atoms with Gasteiger partial charge < -0.3 is 5.11 Å². The number of hydrogen-bond donors (Lipinski definition) is 1. The summed E-state index contributed by atoms with van der Waals surface area (Å²) < 4.78 is 28.1. The number of fused-ring (bicyclic) bond motifs is 1. The zero-order valence-electron chi connectivity index (χ0n) is 11.4. The molecule has 1 unspecified atom stereocenters. The zero-order chi connectivity index (χ0) is 16.6. The van der Waals surface area contributed by atoms with Crippen molar-refractivity contribution >= 4 is 40.6 Å². The highest BCUT2D eigenvalue weighted by atomic mass is 35.5. The molecule has 0 spiro atoms. The standard InChI is InChI=1S/C14H9Cl2F2N3OS/c15-7-3-10(16)13-19-20-14(21(13)5-7)23-6-12(22)9-2-1-8(17)4-11(9)18/h1-5,12,22H,6H2. The highest BCUT2D eigenvalue weighted by molar-refractivity contribution is 7.99. The van der Waals surface area contributed by atoms with Crippen LogP contribution in [-0.4, -0.2) is 25.5 Å². The fraction of sp³-hybridized carbons (Fsp3) is 0.143. The monoisotopic (exact) mass is 375 g/mol. The summed E-state index contributed by atoms with van der Waals surface area (Å²) in [6.07, 6.45) is 0.471. The van der Waals surface area contributed by atoms with E-state index in [-0.39, 0.29) is 11.3 Å². The van der Waals surface area contributed by atoms with Crippen LogP contribution < -0.4 is 0 Å². The van der Waals surface area contributed by atoms with Crippen LogP contribution in [-0.2, 0) is 0 Å². The Hall–Kier alpha value is -1.41. The van der Waals surface area contributed by atoms with Gasteiger partial charge in [-0.05, 0) is 12.1 Å². The molecule has 2 heterocycles. The van der Waals surface area contributed by atoms with Gasteiger partial charge in [0.15, 0.2) is 10.8 Å².